The van der Waals surface area contributed by atoms with Gasteiger partial charge in [-0.1, -0.05) is 15.9 Å². The Bertz CT molecular complexity index is 395. The fourth-order valence-corrected chi connectivity index (χ4v) is 2.04. The van der Waals surface area contributed by atoms with Crippen molar-refractivity contribution >= 4 is 21.7 Å². The first-order chi connectivity index (χ1) is 7.99. The van der Waals surface area contributed by atoms with Gasteiger partial charge in [0.05, 0.1) is 0 Å². The van der Waals surface area contributed by atoms with E-state index in [4.69, 9.17) is 0 Å². The first-order valence-corrected chi connectivity index (χ1v) is 6.40. The Morgan fingerprint density at radius 3 is 2.82 bits per heavy atom. The van der Waals surface area contributed by atoms with E-state index in [9.17, 15) is 9.18 Å². The molecule has 0 spiro atoms. The second-order valence-electron chi connectivity index (χ2n) is 4.28. The maximum Gasteiger partial charge on any atom is 0.129 e. The summed E-state index contributed by atoms with van der Waals surface area (Å²) in [5.74, 6) is 0.0126. The Hall–Kier alpha value is -0.740. The van der Waals surface area contributed by atoms with E-state index < -0.39 is 0 Å². The average Bonchev–Trinajstić information content (AvgIpc) is 2.23. The molecule has 1 aromatic rings. The van der Waals surface area contributed by atoms with Gasteiger partial charge in [0.15, 0.2) is 0 Å². The van der Waals surface area contributed by atoms with E-state index in [2.05, 4.69) is 15.9 Å². The summed E-state index contributed by atoms with van der Waals surface area (Å²) in [4.78, 5) is 12.8. The smallest absolute Gasteiger partial charge is 0.129 e. The molecule has 0 aliphatic carbocycles. The average molecular weight is 302 g/mol. The maximum absolute atomic E-state index is 13.5. The van der Waals surface area contributed by atoms with Crippen LogP contribution in [0.3, 0.4) is 0 Å². The normalized spacial score (nSPS) is 10.9. The first kappa shape index (κ1) is 14.3. The summed E-state index contributed by atoms with van der Waals surface area (Å²) < 4.78 is 14.4. The molecule has 1 rings (SSSR count). The number of carbonyl (C=O) groups excluding carboxylic acids is 1. The molecule has 1 aromatic carbocycles. The molecule has 0 aliphatic heterocycles. The van der Waals surface area contributed by atoms with Crippen molar-refractivity contribution in [3.63, 3.8) is 0 Å². The van der Waals surface area contributed by atoms with Gasteiger partial charge in [-0.3, -0.25) is 0 Å². The van der Waals surface area contributed by atoms with E-state index in [1.54, 1.807) is 19.1 Å². The predicted octanol–water partition coefficient (Wildman–Crippen LogP) is 3.39. The molecule has 0 N–H and O–H groups in total. The van der Waals surface area contributed by atoms with Gasteiger partial charge in [-0.05, 0) is 45.1 Å². The van der Waals surface area contributed by atoms with Gasteiger partial charge >= 0.3 is 0 Å². The number of ketones is 1. The molecule has 0 bridgehead atoms. The zero-order valence-electron chi connectivity index (χ0n) is 10.2. The fourth-order valence-electron chi connectivity index (χ4n) is 1.63. The molecule has 0 heterocycles. The minimum atomic E-state index is -0.188. The number of hydrogen-bond acceptors (Lipinski definition) is 2. The van der Waals surface area contributed by atoms with Crippen LogP contribution in [0.5, 0.6) is 0 Å². The molecular formula is C13H17BrFNO. The Morgan fingerprint density at radius 2 is 2.18 bits per heavy atom. The monoisotopic (exact) mass is 301 g/mol. The van der Waals surface area contributed by atoms with Gasteiger partial charge < -0.3 is 9.69 Å². The van der Waals surface area contributed by atoms with Crippen molar-refractivity contribution in [2.45, 2.75) is 26.3 Å². The lowest BCUT2D eigenvalue weighted by molar-refractivity contribution is -0.117. The van der Waals surface area contributed by atoms with Crippen LogP contribution in [0.15, 0.2) is 22.7 Å². The Labute approximate surface area is 110 Å². The molecule has 0 saturated carbocycles. The number of nitrogens with zero attached hydrogens (tertiary/aromatic N) is 1. The molecule has 0 saturated heterocycles. The summed E-state index contributed by atoms with van der Waals surface area (Å²) in [6.45, 7) is 2.95. The molecule has 4 heteroatoms. The van der Waals surface area contributed by atoms with Crippen LogP contribution in [-0.2, 0) is 11.3 Å². The topological polar surface area (TPSA) is 20.3 Å². The van der Waals surface area contributed by atoms with Crippen molar-refractivity contribution in [2.75, 3.05) is 13.6 Å². The molecule has 0 amide bonds. The lowest BCUT2D eigenvalue weighted by atomic mass is 10.2. The van der Waals surface area contributed by atoms with Crippen LogP contribution in [0.25, 0.3) is 0 Å². The summed E-state index contributed by atoms with van der Waals surface area (Å²) in [5.41, 5.74) is 0.671. The lowest BCUT2D eigenvalue weighted by Gasteiger charge is -2.16. The van der Waals surface area contributed by atoms with Gasteiger partial charge in [-0.15, -0.1) is 0 Å². The number of benzene rings is 1. The molecule has 0 fully saturated rings. The highest BCUT2D eigenvalue weighted by Gasteiger charge is 2.06. The number of carbonyl (C=O) groups is 1. The summed E-state index contributed by atoms with van der Waals surface area (Å²) in [6.07, 6.45) is 1.41. The zero-order valence-corrected chi connectivity index (χ0v) is 11.8. The molecule has 0 atom stereocenters. The van der Waals surface area contributed by atoms with Crippen LogP contribution in [0, 0.1) is 5.82 Å². The van der Waals surface area contributed by atoms with Crippen molar-refractivity contribution in [1.29, 1.82) is 0 Å². The van der Waals surface area contributed by atoms with Gasteiger partial charge in [0.1, 0.15) is 11.6 Å². The highest BCUT2D eigenvalue weighted by molar-refractivity contribution is 9.10. The third-order valence-corrected chi connectivity index (χ3v) is 3.01. The summed E-state index contributed by atoms with van der Waals surface area (Å²) in [6, 6.07) is 4.94. The lowest BCUT2D eigenvalue weighted by Crippen LogP contribution is -2.20. The molecule has 17 heavy (non-hydrogen) atoms. The van der Waals surface area contributed by atoms with E-state index in [0.29, 0.717) is 18.5 Å². The summed E-state index contributed by atoms with van der Waals surface area (Å²) in [5, 5.41) is 0. The quantitative estimate of drug-likeness (QED) is 0.803. The molecule has 0 radical (unpaired) electrons. The molecule has 94 valence electrons. The largest absolute Gasteiger partial charge is 0.302 e. The number of rotatable bonds is 6. The van der Waals surface area contributed by atoms with E-state index in [0.717, 1.165) is 17.4 Å². The molecule has 0 unspecified atom stereocenters. The van der Waals surface area contributed by atoms with Crippen molar-refractivity contribution in [2.24, 2.45) is 0 Å². The number of hydrogen-bond donors (Lipinski definition) is 0. The Morgan fingerprint density at radius 1 is 1.47 bits per heavy atom. The van der Waals surface area contributed by atoms with Crippen molar-refractivity contribution in [1.82, 2.24) is 4.90 Å². The van der Waals surface area contributed by atoms with Crippen molar-refractivity contribution in [3.05, 3.63) is 34.1 Å². The van der Waals surface area contributed by atoms with E-state index in [1.165, 1.54) is 6.07 Å². The standard InChI is InChI=1S/C13H17BrFNO/c1-10(17)4-3-7-16(2)9-11-8-12(14)5-6-13(11)15/h5-6,8H,3-4,7,9H2,1-2H3. The van der Waals surface area contributed by atoms with Gasteiger partial charge in [-0.25, -0.2) is 4.39 Å². The number of Topliss-reactive ketones (excluding diaryl/α,β-unsaturated/α-hetero) is 1. The Kier molecular flexibility index (Phi) is 5.78. The molecule has 2 nitrogen and oxygen atoms in total. The first-order valence-electron chi connectivity index (χ1n) is 5.61. The highest BCUT2D eigenvalue weighted by Crippen LogP contribution is 2.16. The number of halogens is 2. The van der Waals surface area contributed by atoms with Gasteiger partial charge in [-0.2, -0.15) is 0 Å². The third kappa shape index (κ3) is 5.41. The minimum Gasteiger partial charge on any atom is -0.302 e. The molecular weight excluding hydrogens is 285 g/mol. The van der Waals surface area contributed by atoms with E-state index in [1.807, 2.05) is 11.9 Å². The molecule has 0 aliphatic rings. The van der Waals surface area contributed by atoms with E-state index >= 15 is 0 Å². The zero-order chi connectivity index (χ0) is 12.8. The van der Waals surface area contributed by atoms with Crippen LogP contribution < -0.4 is 0 Å². The SMILES string of the molecule is CC(=O)CCCN(C)Cc1cc(Br)ccc1F. The van der Waals surface area contributed by atoms with Crippen LogP contribution in [-0.4, -0.2) is 24.3 Å². The Balaban J connectivity index is 2.47. The van der Waals surface area contributed by atoms with Crippen LogP contribution in [0.1, 0.15) is 25.3 Å². The summed E-state index contributed by atoms with van der Waals surface area (Å²) >= 11 is 3.33. The van der Waals surface area contributed by atoms with Gasteiger partial charge in [0.25, 0.3) is 0 Å². The highest BCUT2D eigenvalue weighted by atomic mass is 79.9. The predicted molar refractivity (Wildman–Crippen MR) is 70.3 cm³/mol. The fraction of sp³-hybridized carbons (Fsp3) is 0.462. The molecule has 0 aromatic heterocycles. The maximum atomic E-state index is 13.5. The summed E-state index contributed by atoms with van der Waals surface area (Å²) in [7, 11) is 1.93. The van der Waals surface area contributed by atoms with Crippen molar-refractivity contribution in [3.8, 4) is 0 Å². The minimum absolute atomic E-state index is 0.188. The van der Waals surface area contributed by atoms with Gasteiger partial charge in [0.2, 0.25) is 0 Å². The van der Waals surface area contributed by atoms with Gasteiger partial charge in [0, 0.05) is 23.0 Å². The second kappa shape index (κ2) is 6.87. The van der Waals surface area contributed by atoms with Crippen molar-refractivity contribution < 1.29 is 9.18 Å². The van der Waals surface area contributed by atoms with Crippen LogP contribution in [0.2, 0.25) is 0 Å². The third-order valence-electron chi connectivity index (χ3n) is 2.52. The second-order valence-corrected chi connectivity index (χ2v) is 5.19. The van der Waals surface area contributed by atoms with E-state index in [-0.39, 0.29) is 11.6 Å². The van der Waals surface area contributed by atoms with Crippen LogP contribution in [0.4, 0.5) is 4.39 Å². The van der Waals surface area contributed by atoms with Crippen LogP contribution >= 0.6 is 15.9 Å².